The lowest BCUT2D eigenvalue weighted by Crippen LogP contribution is -2.12. The number of aromatic amines is 1. The molecule has 3 nitrogen and oxygen atoms in total. The number of aromatic nitrogens is 2. The van der Waals surface area contributed by atoms with Crippen molar-refractivity contribution in [1.29, 1.82) is 0 Å². The van der Waals surface area contributed by atoms with Gasteiger partial charge in [0, 0.05) is 5.56 Å². The molecule has 3 N–H and O–H groups in total. The fourth-order valence-electron chi connectivity index (χ4n) is 2.40. The summed E-state index contributed by atoms with van der Waals surface area (Å²) in [5.74, 6) is 1.42. The molecular weight excluding hydrogens is 246 g/mol. The molecule has 3 heteroatoms. The molecule has 0 aliphatic heterocycles. The molecule has 1 atom stereocenters. The highest BCUT2D eigenvalue weighted by Gasteiger charge is 2.07. The Kier molecular flexibility index (Phi) is 3.52. The van der Waals surface area contributed by atoms with E-state index in [9.17, 15) is 0 Å². The van der Waals surface area contributed by atoms with Crippen molar-refractivity contribution in [3.8, 4) is 11.4 Å². The minimum Gasteiger partial charge on any atom is -0.338 e. The summed E-state index contributed by atoms with van der Waals surface area (Å²) >= 11 is 0. The Morgan fingerprint density at radius 2 is 1.95 bits per heavy atom. The smallest absolute Gasteiger partial charge is 0.138 e. The molecule has 0 fully saturated rings. The number of imidazole rings is 1. The average molecular weight is 265 g/mol. The lowest BCUT2D eigenvalue weighted by atomic mass is 10.0. The van der Waals surface area contributed by atoms with E-state index in [0.717, 1.165) is 35.4 Å². The van der Waals surface area contributed by atoms with Gasteiger partial charge < -0.3 is 10.7 Å². The summed E-state index contributed by atoms with van der Waals surface area (Å²) in [4.78, 5) is 8.04. The third-order valence-corrected chi connectivity index (χ3v) is 3.58. The van der Waals surface area contributed by atoms with Gasteiger partial charge in [0.1, 0.15) is 5.82 Å². The Hall–Kier alpha value is -2.13. The van der Waals surface area contributed by atoms with Crippen LogP contribution in [0.25, 0.3) is 22.4 Å². The van der Waals surface area contributed by atoms with Gasteiger partial charge in [-0.05, 0) is 36.6 Å². The monoisotopic (exact) mass is 265 g/mol. The summed E-state index contributed by atoms with van der Waals surface area (Å²) < 4.78 is 0. The molecule has 0 saturated heterocycles. The zero-order valence-electron chi connectivity index (χ0n) is 11.6. The van der Waals surface area contributed by atoms with Crippen LogP contribution in [-0.2, 0) is 6.42 Å². The maximum Gasteiger partial charge on any atom is 0.138 e. The quantitative estimate of drug-likeness (QED) is 0.760. The second kappa shape index (κ2) is 5.47. The van der Waals surface area contributed by atoms with Crippen molar-refractivity contribution in [3.63, 3.8) is 0 Å². The Balaban J connectivity index is 1.95. The largest absolute Gasteiger partial charge is 0.338 e. The van der Waals surface area contributed by atoms with Crippen molar-refractivity contribution in [2.24, 2.45) is 11.7 Å². The molecule has 1 unspecified atom stereocenters. The molecule has 2 aromatic carbocycles. The van der Waals surface area contributed by atoms with Crippen LogP contribution in [0.5, 0.6) is 0 Å². The molecule has 0 saturated carbocycles. The van der Waals surface area contributed by atoms with Gasteiger partial charge in [0.2, 0.25) is 0 Å². The van der Waals surface area contributed by atoms with E-state index in [4.69, 9.17) is 5.73 Å². The molecule has 1 aromatic heterocycles. The highest BCUT2D eigenvalue weighted by atomic mass is 14.9. The second-order valence-electron chi connectivity index (χ2n) is 5.35. The minimum atomic E-state index is 0.504. The van der Waals surface area contributed by atoms with E-state index in [1.807, 2.05) is 18.2 Å². The fraction of sp³-hybridized carbons (Fsp3) is 0.235. The van der Waals surface area contributed by atoms with Gasteiger partial charge in [0.15, 0.2) is 0 Å². The summed E-state index contributed by atoms with van der Waals surface area (Å²) in [6, 6.07) is 16.6. The first kappa shape index (κ1) is 12.9. The van der Waals surface area contributed by atoms with Gasteiger partial charge in [-0.25, -0.2) is 4.98 Å². The molecule has 102 valence electrons. The second-order valence-corrected chi connectivity index (χ2v) is 5.35. The van der Waals surface area contributed by atoms with Crippen molar-refractivity contribution in [1.82, 2.24) is 9.97 Å². The first-order valence-corrected chi connectivity index (χ1v) is 7.00. The molecule has 0 radical (unpaired) electrons. The van der Waals surface area contributed by atoms with Crippen molar-refractivity contribution in [3.05, 3.63) is 54.1 Å². The van der Waals surface area contributed by atoms with Crippen molar-refractivity contribution >= 4 is 11.0 Å². The minimum absolute atomic E-state index is 0.504. The Bertz CT molecular complexity index is 701. The molecule has 3 rings (SSSR count). The summed E-state index contributed by atoms with van der Waals surface area (Å²) in [5.41, 5.74) is 10.2. The van der Waals surface area contributed by atoms with E-state index >= 15 is 0 Å². The number of hydrogen-bond donors (Lipinski definition) is 2. The van der Waals surface area contributed by atoms with Gasteiger partial charge in [0.25, 0.3) is 0 Å². The van der Waals surface area contributed by atoms with Gasteiger partial charge >= 0.3 is 0 Å². The van der Waals surface area contributed by atoms with E-state index in [0.29, 0.717) is 5.92 Å². The van der Waals surface area contributed by atoms with Gasteiger partial charge in [-0.1, -0.05) is 43.3 Å². The predicted octanol–water partition coefficient (Wildman–Crippen LogP) is 3.37. The summed E-state index contributed by atoms with van der Waals surface area (Å²) in [5, 5.41) is 0. The van der Waals surface area contributed by atoms with Gasteiger partial charge in [-0.3, -0.25) is 0 Å². The maximum atomic E-state index is 5.69. The van der Waals surface area contributed by atoms with E-state index < -0.39 is 0 Å². The number of nitrogens with one attached hydrogen (secondary N) is 1. The predicted molar refractivity (Wildman–Crippen MR) is 83.5 cm³/mol. The third-order valence-electron chi connectivity index (χ3n) is 3.58. The van der Waals surface area contributed by atoms with Gasteiger partial charge in [-0.2, -0.15) is 0 Å². The van der Waals surface area contributed by atoms with Gasteiger partial charge in [-0.15, -0.1) is 0 Å². The van der Waals surface area contributed by atoms with Gasteiger partial charge in [0.05, 0.1) is 11.0 Å². The number of benzene rings is 2. The zero-order chi connectivity index (χ0) is 13.9. The fourth-order valence-corrected chi connectivity index (χ4v) is 2.40. The van der Waals surface area contributed by atoms with Crippen LogP contribution in [0.4, 0.5) is 0 Å². The van der Waals surface area contributed by atoms with E-state index in [1.54, 1.807) is 0 Å². The van der Waals surface area contributed by atoms with Crippen LogP contribution in [0.15, 0.2) is 48.5 Å². The first-order valence-electron chi connectivity index (χ1n) is 7.00. The summed E-state index contributed by atoms with van der Waals surface area (Å²) in [6.45, 7) is 2.89. The number of nitrogens with two attached hydrogens (primary N) is 1. The van der Waals surface area contributed by atoms with Crippen LogP contribution in [0, 0.1) is 5.92 Å². The third kappa shape index (κ3) is 2.58. The number of H-pyrrole nitrogens is 1. The van der Waals surface area contributed by atoms with Crippen molar-refractivity contribution in [2.75, 3.05) is 6.54 Å². The van der Waals surface area contributed by atoms with Crippen LogP contribution in [-0.4, -0.2) is 16.5 Å². The van der Waals surface area contributed by atoms with E-state index in [1.165, 1.54) is 5.56 Å². The molecule has 3 aromatic rings. The normalized spacial score (nSPS) is 12.7. The Morgan fingerprint density at radius 1 is 1.15 bits per heavy atom. The number of fused-ring (bicyclic) bond motifs is 1. The zero-order valence-corrected chi connectivity index (χ0v) is 11.6. The maximum absolute atomic E-state index is 5.69. The number of nitrogens with zero attached hydrogens (tertiary/aromatic N) is 1. The Labute approximate surface area is 118 Å². The molecule has 0 aliphatic rings. The Morgan fingerprint density at radius 3 is 2.70 bits per heavy atom. The molecule has 0 bridgehead atoms. The van der Waals surface area contributed by atoms with Crippen LogP contribution < -0.4 is 5.73 Å². The molecule has 0 spiro atoms. The first-order chi connectivity index (χ1) is 9.76. The van der Waals surface area contributed by atoms with E-state index in [-0.39, 0.29) is 0 Å². The molecule has 20 heavy (non-hydrogen) atoms. The van der Waals surface area contributed by atoms with Crippen LogP contribution in [0.1, 0.15) is 12.5 Å². The lowest BCUT2D eigenvalue weighted by molar-refractivity contribution is 0.593. The van der Waals surface area contributed by atoms with Crippen LogP contribution >= 0.6 is 0 Å². The standard InChI is InChI=1S/C17H19N3/c1-12(11-18)9-13-7-8-15-16(10-13)20-17(19-15)14-5-3-2-4-6-14/h2-8,10,12H,9,11,18H2,1H3,(H,19,20). The average Bonchev–Trinajstić information content (AvgIpc) is 2.91. The molecule has 0 amide bonds. The summed E-state index contributed by atoms with van der Waals surface area (Å²) in [6.07, 6.45) is 1.01. The molecule has 1 heterocycles. The van der Waals surface area contributed by atoms with Crippen molar-refractivity contribution in [2.45, 2.75) is 13.3 Å². The highest BCUT2D eigenvalue weighted by Crippen LogP contribution is 2.21. The number of hydrogen-bond acceptors (Lipinski definition) is 2. The highest BCUT2D eigenvalue weighted by molar-refractivity contribution is 5.80. The SMILES string of the molecule is CC(CN)Cc1ccc2nc(-c3ccccc3)[nH]c2c1. The molecule has 0 aliphatic carbocycles. The van der Waals surface area contributed by atoms with E-state index in [2.05, 4.69) is 47.2 Å². The van der Waals surface area contributed by atoms with Crippen LogP contribution in [0.2, 0.25) is 0 Å². The molecular formula is C17H19N3. The topological polar surface area (TPSA) is 54.7 Å². The lowest BCUT2D eigenvalue weighted by Gasteiger charge is -2.07. The van der Waals surface area contributed by atoms with Crippen molar-refractivity contribution < 1.29 is 0 Å². The number of rotatable bonds is 4. The van der Waals surface area contributed by atoms with Crippen LogP contribution in [0.3, 0.4) is 0 Å². The summed E-state index contributed by atoms with van der Waals surface area (Å²) in [7, 11) is 0.